The highest BCUT2D eigenvalue weighted by Gasteiger charge is 2.26. The summed E-state index contributed by atoms with van der Waals surface area (Å²) in [7, 11) is 0. The lowest BCUT2D eigenvalue weighted by molar-refractivity contribution is 0.423. The molecule has 0 saturated heterocycles. The van der Waals surface area contributed by atoms with E-state index in [4.69, 9.17) is 4.99 Å². The van der Waals surface area contributed by atoms with E-state index in [9.17, 15) is 5.11 Å². The van der Waals surface area contributed by atoms with Gasteiger partial charge in [0.15, 0.2) is 0 Å². The van der Waals surface area contributed by atoms with E-state index in [1.807, 2.05) is 48.7 Å². The van der Waals surface area contributed by atoms with Crippen molar-refractivity contribution in [1.82, 2.24) is 4.98 Å². The summed E-state index contributed by atoms with van der Waals surface area (Å²) in [5.74, 6) is 0.390. The summed E-state index contributed by atoms with van der Waals surface area (Å²) >= 11 is 0. The van der Waals surface area contributed by atoms with Gasteiger partial charge in [0.2, 0.25) is 0 Å². The first-order valence-electron chi connectivity index (χ1n) is 9.33. The van der Waals surface area contributed by atoms with Crippen LogP contribution in [0.4, 0.5) is 5.69 Å². The number of nitrogens with zero attached hydrogens (tertiary/aromatic N) is 2. The average molecular weight is 361 g/mol. The van der Waals surface area contributed by atoms with E-state index in [2.05, 4.69) is 46.5 Å². The summed E-state index contributed by atoms with van der Waals surface area (Å²) in [6.07, 6.45) is 3.67. The van der Waals surface area contributed by atoms with Crippen molar-refractivity contribution in [2.45, 2.75) is 52.4 Å². The smallest absolute Gasteiger partial charge is 0.123 e. The lowest BCUT2D eigenvalue weighted by Gasteiger charge is -2.27. The van der Waals surface area contributed by atoms with Gasteiger partial charge in [0.05, 0.1) is 11.2 Å². The maximum atomic E-state index is 10.9. The minimum Gasteiger partial charge on any atom is -0.507 e. The van der Waals surface area contributed by atoms with Gasteiger partial charge >= 0.3 is 0 Å². The molecule has 0 fully saturated rings. The van der Waals surface area contributed by atoms with E-state index >= 15 is 0 Å². The molecular weight excluding hydrogens is 332 g/mol. The molecule has 0 unspecified atom stereocenters. The maximum Gasteiger partial charge on any atom is 0.123 e. The number of aliphatic imine (C=N–C) groups is 1. The van der Waals surface area contributed by atoms with Gasteiger partial charge in [0.1, 0.15) is 5.75 Å². The summed E-state index contributed by atoms with van der Waals surface area (Å²) in [5.41, 5.74) is 4.39. The summed E-state index contributed by atoms with van der Waals surface area (Å²) in [4.78, 5) is 9.13. The van der Waals surface area contributed by atoms with Gasteiger partial charge < -0.3 is 5.11 Å². The Morgan fingerprint density at radius 3 is 2.11 bits per heavy atom. The van der Waals surface area contributed by atoms with Crippen molar-refractivity contribution in [3.05, 3.63) is 65.4 Å². The van der Waals surface area contributed by atoms with Crippen LogP contribution in [0.2, 0.25) is 0 Å². The van der Waals surface area contributed by atoms with Crippen molar-refractivity contribution < 1.29 is 5.11 Å². The Hall–Kier alpha value is -2.68. The highest BCUT2D eigenvalue weighted by atomic mass is 16.3. The Balaban J connectivity index is 2.12. The largest absolute Gasteiger partial charge is 0.507 e. The molecule has 0 bridgehead atoms. The van der Waals surface area contributed by atoms with Crippen molar-refractivity contribution in [2.75, 3.05) is 0 Å². The summed E-state index contributed by atoms with van der Waals surface area (Å²) in [5, 5.41) is 11.9. The molecule has 0 spiro atoms. The molecular formula is C24H28N2O. The molecule has 1 aromatic heterocycles. The van der Waals surface area contributed by atoms with Gasteiger partial charge in [-0.05, 0) is 52.8 Å². The number of hydrogen-bond acceptors (Lipinski definition) is 3. The number of aromatic nitrogens is 1. The molecule has 0 aliphatic carbocycles. The summed E-state index contributed by atoms with van der Waals surface area (Å²) in [6.45, 7) is 12.7. The van der Waals surface area contributed by atoms with Crippen molar-refractivity contribution >= 4 is 22.8 Å². The molecule has 140 valence electrons. The first kappa shape index (κ1) is 19.1. The zero-order chi connectivity index (χ0) is 19.8. The molecule has 0 saturated carbocycles. The minimum atomic E-state index is -0.155. The molecule has 0 atom stereocenters. The van der Waals surface area contributed by atoms with Crippen molar-refractivity contribution in [2.24, 2.45) is 4.99 Å². The van der Waals surface area contributed by atoms with Gasteiger partial charge in [0, 0.05) is 28.9 Å². The fourth-order valence-corrected chi connectivity index (χ4v) is 3.22. The maximum absolute atomic E-state index is 10.9. The second-order valence-corrected chi connectivity index (χ2v) is 9.07. The van der Waals surface area contributed by atoms with Crippen LogP contribution in [0.5, 0.6) is 5.75 Å². The first-order valence-corrected chi connectivity index (χ1v) is 9.33. The number of benzene rings is 2. The standard InChI is InChI=1S/C24H28N2O/c1-23(2,3)18-13-16(14-19(22(18)27)24(4,5)6)15-26-21-11-7-10-20-17(21)9-8-12-25-20/h7-15,27H,1-6H3. The Labute approximate surface area is 161 Å². The van der Waals surface area contributed by atoms with E-state index < -0.39 is 0 Å². The molecule has 0 amide bonds. The quantitative estimate of drug-likeness (QED) is 0.546. The Kier molecular flexibility index (Phi) is 4.81. The van der Waals surface area contributed by atoms with Crippen LogP contribution in [-0.2, 0) is 10.8 Å². The molecule has 0 aliphatic heterocycles. The number of rotatable bonds is 2. The van der Waals surface area contributed by atoms with Crippen molar-refractivity contribution in [3.8, 4) is 5.75 Å². The number of pyridine rings is 1. The summed E-state index contributed by atoms with van der Waals surface area (Å²) < 4.78 is 0. The van der Waals surface area contributed by atoms with Gasteiger partial charge in [-0.25, -0.2) is 0 Å². The van der Waals surface area contributed by atoms with Crippen LogP contribution in [0.25, 0.3) is 10.9 Å². The molecule has 0 aliphatic rings. The normalized spacial score (nSPS) is 12.8. The zero-order valence-electron chi connectivity index (χ0n) is 17.0. The fraction of sp³-hybridized carbons (Fsp3) is 0.333. The monoisotopic (exact) mass is 360 g/mol. The third kappa shape index (κ3) is 4.02. The molecule has 0 radical (unpaired) electrons. The topological polar surface area (TPSA) is 45.5 Å². The second kappa shape index (κ2) is 6.80. The Morgan fingerprint density at radius 2 is 1.52 bits per heavy atom. The fourth-order valence-electron chi connectivity index (χ4n) is 3.22. The molecule has 27 heavy (non-hydrogen) atoms. The molecule has 3 rings (SSSR count). The van der Waals surface area contributed by atoms with Gasteiger partial charge in [-0.3, -0.25) is 9.98 Å². The van der Waals surface area contributed by atoms with Crippen LogP contribution in [0.1, 0.15) is 58.2 Å². The van der Waals surface area contributed by atoms with Crippen LogP contribution in [0, 0.1) is 0 Å². The zero-order valence-corrected chi connectivity index (χ0v) is 17.0. The summed E-state index contributed by atoms with van der Waals surface area (Å²) in [6, 6.07) is 14.0. The molecule has 3 heteroatoms. The number of aromatic hydroxyl groups is 1. The molecule has 2 aromatic carbocycles. The molecule has 3 nitrogen and oxygen atoms in total. The Morgan fingerprint density at radius 1 is 0.889 bits per heavy atom. The number of phenols is 1. The van der Waals surface area contributed by atoms with Gasteiger partial charge in [0.25, 0.3) is 0 Å². The average Bonchev–Trinajstić information content (AvgIpc) is 2.58. The predicted octanol–water partition coefficient (Wildman–Crippen LogP) is 6.29. The van der Waals surface area contributed by atoms with E-state index in [-0.39, 0.29) is 10.8 Å². The third-order valence-electron chi connectivity index (χ3n) is 4.72. The van der Waals surface area contributed by atoms with Gasteiger partial charge in [-0.15, -0.1) is 0 Å². The second-order valence-electron chi connectivity index (χ2n) is 9.07. The van der Waals surface area contributed by atoms with Gasteiger partial charge in [-0.2, -0.15) is 0 Å². The van der Waals surface area contributed by atoms with E-state index in [1.165, 1.54) is 0 Å². The van der Waals surface area contributed by atoms with E-state index in [1.54, 1.807) is 6.20 Å². The van der Waals surface area contributed by atoms with Crippen molar-refractivity contribution in [3.63, 3.8) is 0 Å². The van der Waals surface area contributed by atoms with Crippen LogP contribution in [-0.4, -0.2) is 16.3 Å². The van der Waals surface area contributed by atoms with Crippen LogP contribution < -0.4 is 0 Å². The SMILES string of the molecule is CC(C)(C)c1cc(C=Nc2cccc3ncccc23)cc(C(C)(C)C)c1O. The van der Waals surface area contributed by atoms with Crippen LogP contribution >= 0.6 is 0 Å². The van der Waals surface area contributed by atoms with Crippen LogP contribution in [0.15, 0.2) is 53.7 Å². The van der Waals surface area contributed by atoms with Crippen LogP contribution in [0.3, 0.4) is 0 Å². The lowest BCUT2D eigenvalue weighted by atomic mass is 9.78. The van der Waals surface area contributed by atoms with Gasteiger partial charge in [-0.1, -0.05) is 47.6 Å². The van der Waals surface area contributed by atoms with E-state index in [0.29, 0.717) is 5.75 Å². The van der Waals surface area contributed by atoms with Crippen molar-refractivity contribution in [1.29, 1.82) is 0 Å². The Bertz CT molecular complexity index is 965. The number of hydrogen-bond donors (Lipinski definition) is 1. The number of fused-ring (bicyclic) bond motifs is 1. The molecule has 1 heterocycles. The predicted molar refractivity (Wildman–Crippen MR) is 115 cm³/mol. The molecule has 1 N–H and O–H groups in total. The number of phenolic OH excluding ortho intramolecular Hbond substituents is 1. The lowest BCUT2D eigenvalue weighted by Crippen LogP contribution is -2.17. The third-order valence-corrected chi connectivity index (χ3v) is 4.72. The highest BCUT2D eigenvalue weighted by molar-refractivity contribution is 5.93. The highest BCUT2D eigenvalue weighted by Crippen LogP contribution is 2.39. The molecule has 3 aromatic rings. The van der Waals surface area contributed by atoms with E-state index in [0.717, 1.165) is 33.3 Å². The minimum absolute atomic E-state index is 0.155. The first-order chi connectivity index (χ1) is 12.6.